The highest BCUT2D eigenvalue weighted by molar-refractivity contribution is 7.89. The SMILES string of the molecule is CCCCN(C)S(=O)(=O)c1ccc(O)c(C(=O)OC)c1. The number of phenols is 1. The Morgan fingerprint density at radius 2 is 2.05 bits per heavy atom. The number of hydrogen-bond acceptors (Lipinski definition) is 5. The van der Waals surface area contributed by atoms with Crippen molar-refractivity contribution in [3.05, 3.63) is 23.8 Å². The fourth-order valence-electron chi connectivity index (χ4n) is 1.63. The Labute approximate surface area is 119 Å². The Morgan fingerprint density at radius 3 is 2.60 bits per heavy atom. The molecule has 0 atom stereocenters. The van der Waals surface area contributed by atoms with Crippen LogP contribution in [0.3, 0.4) is 0 Å². The van der Waals surface area contributed by atoms with Crippen LogP contribution in [-0.2, 0) is 14.8 Å². The number of ether oxygens (including phenoxy) is 1. The van der Waals surface area contributed by atoms with Gasteiger partial charge in [0.25, 0.3) is 0 Å². The molecule has 0 bridgehead atoms. The van der Waals surface area contributed by atoms with Crippen molar-refractivity contribution < 1.29 is 23.1 Å². The summed E-state index contributed by atoms with van der Waals surface area (Å²) >= 11 is 0. The number of unbranched alkanes of at least 4 members (excludes halogenated alkanes) is 1. The highest BCUT2D eigenvalue weighted by Crippen LogP contribution is 2.24. The van der Waals surface area contributed by atoms with Crippen molar-refractivity contribution >= 4 is 16.0 Å². The summed E-state index contributed by atoms with van der Waals surface area (Å²) in [5.74, 6) is -1.09. The first kappa shape index (κ1) is 16.5. The molecule has 20 heavy (non-hydrogen) atoms. The van der Waals surface area contributed by atoms with Gasteiger partial charge in [-0.3, -0.25) is 0 Å². The van der Waals surface area contributed by atoms with E-state index >= 15 is 0 Å². The standard InChI is InChI=1S/C13H19NO5S/c1-4-5-8-14(2)20(17,18)10-6-7-12(15)11(9-10)13(16)19-3/h6-7,9,15H,4-5,8H2,1-3H3. The Hall–Kier alpha value is -1.60. The van der Waals surface area contributed by atoms with Gasteiger partial charge in [0.05, 0.1) is 12.0 Å². The summed E-state index contributed by atoms with van der Waals surface area (Å²) in [5, 5.41) is 9.57. The minimum Gasteiger partial charge on any atom is -0.507 e. The van der Waals surface area contributed by atoms with Crippen LogP contribution in [0.25, 0.3) is 0 Å². The molecule has 0 aliphatic rings. The molecule has 7 heteroatoms. The molecule has 0 aromatic heterocycles. The summed E-state index contributed by atoms with van der Waals surface area (Å²) in [5.41, 5.74) is -0.169. The zero-order valence-corrected chi connectivity index (χ0v) is 12.6. The lowest BCUT2D eigenvalue weighted by molar-refractivity contribution is 0.0597. The quantitative estimate of drug-likeness (QED) is 0.807. The lowest BCUT2D eigenvalue weighted by atomic mass is 10.2. The molecular formula is C13H19NO5S. The molecule has 0 fully saturated rings. The number of esters is 1. The molecule has 0 aliphatic heterocycles. The second-order valence-corrected chi connectivity index (χ2v) is 6.40. The van der Waals surface area contributed by atoms with E-state index in [2.05, 4.69) is 4.74 Å². The predicted molar refractivity (Wildman–Crippen MR) is 74.2 cm³/mol. The van der Waals surface area contributed by atoms with Crippen LogP contribution < -0.4 is 0 Å². The van der Waals surface area contributed by atoms with E-state index in [4.69, 9.17) is 0 Å². The number of sulfonamides is 1. The summed E-state index contributed by atoms with van der Waals surface area (Å²) in [7, 11) is -1.03. The van der Waals surface area contributed by atoms with Crippen LogP contribution in [0.15, 0.2) is 23.1 Å². The minimum absolute atomic E-state index is 0.0469. The van der Waals surface area contributed by atoms with Gasteiger partial charge in [0.1, 0.15) is 11.3 Å². The Bertz CT molecular complexity index is 582. The molecule has 0 aliphatic carbocycles. The van der Waals surface area contributed by atoms with E-state index in [9.17, 15) is 18.3 Å². The smallest absolute Gasteiger partial charge is 0.341 e. The van der Waals surface area contributed by atoms with Gasteiger partial charge >= 0.3 is 5.97 Å². The third-order valence-corrected chi connectivity index (χ3v) is 4.76. The minimum atomic E-state index is -3.68. The molecule has 0 heterocycles. The van der Waals surface area contributed by atoms with Gasteiger partial charge in [0, 0.05) is 13.6 Å². The molecule has 112 valence electrons. The van der Waals surface area contributed by atoms with Gasteiger partial charge in [0.15, 0.2) is 0 Å². The summed E-state index contributed by atoms with van der Waals surface area (Å²) in [6, 6.07) is 3.56. The van der Waals surface area contributed by atoms with Crippen molar-refractivity contribution in [3.63, 3.8) is 0 Å². The lowest BCUT2D eigenvalue weighted by Gasteiger charge is -2.17. The number of rotatable bonds is 6. The summed E-state index contributed by atoms with van der Waals surface area (Å²) in [6.07, 6.45) is 1.63. The summed E-state index contributed by atoms with van der Waals surface area (Å²) in [4.78, 5) is 11.4. The van der Waals surface area contributed by atoms with Crippen molar-refractivity contribution in [2.75, 3.05) is 20.7 Å². The highest BCUT2D eigenvalue weighted by atomic mass is 32.2. The number of benzene rings is 1. The maximum atomic E-state index is 12.3. The number of carbonyl (C=O) groups is 1. The van der Waals surface area contributed by atoms with Crippen molar-refractivity contribution in [1.82, 2.24) is 4.31 Å². The number of carbonyl (C=O) groups excluding carboxylic acids is 1. The number of methoxy groups -OCH3 is 1. The first-order valence-electron chi connectivity index (χ1n) is 6.22. The monoisotopic (exact) mass is 301 g/mol. The largest absolute Gasteiger partial charge is 0.507 e. The maximum Gasteiger partial charge on any atom is 0.341 e. The first-order valence-corrected chi connectivity index (χ1v) is 7.66. The number of aromatic hydroxyl groups is 1. The van der Waals surface area contributed by atoms with E-state index in [0.29, 0.717) is 6.54 Å². The molecule has 0 saturated heterocycles. The van der Waals surface area contributed by atoms with Crippen molar-refractivity contribution in [3.8, 4) is 5.75 Å². The normalized spacial score (nSPS) is 11.6. The van der Waals surface area contributed by atoms with Crippen LogP contribution in [0.1, 0.15) is 30.1 Å². The fourth-order valence-corrected chi connectivity index (χ4v) is 2.87. The van der Waals surface area contributed by atoms with Crippen LogP contribution in [0.5, 0.6) is 5.75 Å². The van der Waals surface area contributed by atoms with Crippen molar-refractivity contribution in [2.24, 2.45) is 0 Å². The third-order valence-electron chi connectivity index (χ3n) is 2.91. The van der Waals surface area contributed by atoms with Gasteiger partial charge in [0.2, 0.25) is 10.0 Å². The molecule has 1 N–H and O–H groups in total. The van der Waals surface area contributed by atoms with Crippen molar-refractivity contribution in [1.29, 1.82) is 0 Å². The Kier molecular flexibility index (Phi) is 5.52. The molecule has 0 amide bonds. The Morgan fingerprint density at radius 1 is 1.40 bits per heavy atom. The number of phenolic OH excluding ortho intramolecular Hbond substituents is 1. The van der Waals surface area contributed by atoms with Crippen LogP contribution in [0.2, 0.25) is 0 Å². The second-order valence-electron chi connectivity index (χ2n) is 4.35. The average Bonchev–Trinajstić information content (AvgIpc) is 2.43. The predicted octanol–water partition coefficient (Wildman–Crippen LogP) is 1.60. The third kappa shape index (κ3) is 3.49. The summed E-state index contributed by atoms with van der Waals surface area (Å²) in [6.45, 7) is 2.36. The molecule has 0 unspecified atom stereocenters. The lowest BCUT2D eigenvalue weighted by Crippen LogP contribution is -2.28. The van der Waals surface area contributed by atoms with E-state index in [-0.39, 0.29) is 16.2 Å². The highest BCUT2D eigenvalue weighted by Gasteiger charge is 2.23. The topological polar surface area (TPSA) is 83.9 Å². The summed E-state index contributed by atoms with van der Waals surface area (Å²) < 4.78 is 30.3. The van der Waals surface area contributed by atoms with Crippen LogP contribution in [0, 0.1) is 0 Å². The number of nitrogens with zero attached hydrogens (tertiary/aromatic N) is 1. The van der Waals surface area contributed by atoms with Gasteiger partial charge in [-0.2, -0.15) is 0 Å². The van der Waals surface area contributed by atoms with E-state index in [1.165, 1.54) is 23.5 Å². The maximum absolute atomic E-state index is 12.3. The molecule has 1 aromatic carbocycles. The zero-order valence-electron chi connectivity index (χ0n) is 11.8. The first-order chi connectivity index (χ1) is 9.34. The molecule has 1 aromatic rings. The molecular weight excluding hydrogens is 282 g/mol. The molecule has 6 nitrogen and oxygen atoms in total. The van der Waals surface area contributed by atoms with Gasteiger partial charge < -0.3 is 9.84 Å². The van der Waals surface area contributed by atoms with Gasteiger partial charge in [-0.25, -0.2) is 17.5 Å². The molecule has 0 radical (unpaired) electrons. The van der Waals surface area contributed by atoms with E-state index in [0.717, 1.165) is 26.0 Å². The fraction of sp³-hybridized carbons (Fsp3) is 0.462. The van der Waals surface area contributed by atoms with E-state index < -0.39 is 16.0 Å². The average molecular weight is 301 g/mol. The van der Waals surface area contributed by atoms with Gasteiger partial charge in [-0.1, -0.05) is 13.3 Å². The van der Waals surface area contributed by atoms with Crippen molar-refractivity contribution in [2.45, 2.75) is 24.7 Å². The van der Waals surface area contributed by atoms with Crippen LogP contribution in [-0.4, -0.2) is 44.5 Å². The second kappa shape index (κ2) is 6.71. The molecule has 0 spiro atoms. The van der Waals surface area contributed by atoms with E-state index in [1.807, 2.05) is 6.92 Å². The van der Waals surface area contributed by atoms with Gasteiger partial charge in [-0.05, 0) is 24.6 Å². The van der Waals surface area contributed by atoms with Crippen LogP contribution >= 0.6 is 0 Å². The van der Waals surface area contributed by atoms with E-state index in [1.54, 1.807) is 0 Å². The molecule has 1 rings (SSSR count). The van der Waals surface area contributed by atoms with Crippen LogP contribution in [0.4, 0.5) is 0 Å². The number of hydrogen-bond donors (Lipinski definition) is 1. The van der Waals surface area contributed by atoms with Gasteiger partial charge in [-0.15, -0.1) is 0 Å². The zero-order chi connectivity index (χ0) is 15.3. The Balaban J connectivity index is 3.16. The molecule has 0 saturated carbocycles.